The molecule has 3 heteroatoms. The third kappa shape index (κ3) is 3.33. The molecule has 0 radical (unpaired) electrons. The highest BCUT2D eigenvalue weighted by Gasteiger charge is 2.31. The maximum absolute atomic E-state index is 12.8. The largest absolute Gasteiger partial charge is 0.384 e. The summed E-state index contributed by atoms with van der Waals surface area (Å²) in [5.74, 6) is 0.296. The summed E-state index contributed by atoms with van der Waals surface area (Å²) >= 11 is 0. The van der Waals surface area contributed by atoms with Gasteiger partial charge < -0.3 is 10.2 Å². The lowest BCUT2D eigenvalue weighted by Crippen LogP contribution is -2.37. The van der Waals surface area contributed by atoms with Crippen LogP contribution in [0.1, 0.15) is 51.0 Å². The number of carbonyl (C=O) groups excluding carboxylic acids is 1. The summed E-state index contributed by atoms with van der Waals surface area (Å²) in [5, 5.41) is 3.35. The smallest absolute Gasteiger partial charge is 0.231 e. The summed E-state index contributed by atoms with van der Waals surface area (Å²) in [6.07, 6.45) is 4.46. The number of hydrogen-bond acceptors (Lipinski definition) is 2. The third-order valence-electron chi connectivity index (χ3n) is 4.01. The molecule has 0 aliphatic carbocycles. The average Bonchev–Trinajstić information content (AvgIpc) is 2.91. The van der Waals surface area contributed by atoms with Crippen molar-refractivity contribution in [3.63, 3.8) is 0 Å². The van der Waals surface area contributed by atoms with E-state index in [-0.39, 0.29) is 5.92 Å². The number of rotatable bonds is 7. The summed E-state index contributed by atoms with van der Waals surface area (Å²) in [5.41, 5.74) is 2.28. The van der Waals surface area contributed by atoms with E-state index in [4.69, 9.17) is 0 Å². The van der Waals surface area contributed by atoms with E-state index in [1.165, 1.54) is 0 Å². The normalized spacial score (nSPS) is 16.6. The van der Waals surface area contributed by atoms with Gasteiger partial charge >= 0.3 is 0 Å². The van der Waals surface area contributed by atoms with Crippen molar-refractivity contribution >= 4 is 11.6 Å². The van der Waals surface area contributed by atoms with Gasteiger partial charge in [0, 0.05) is 25.3 Å². The number of nitrogens with one attached hydrogen (secondary N) is 1. The van der Waals surface area contributed by atoms with Gasteiger partial charge in [-0.05, 0) is 24.5 Å². The number of unbranched alkanes of at least 4 members (excludes halogenated alkanes) is 2. The predicted molar refractivity (Wildman–Crippen MR) is 84.1 cm³/mol. The maximum atomic E-state index is 12.8. The molecule has 1 aromatic carbocycles. The Morgan fingerprint density at radius 3 is 2.50 bits per heavy atom. The molecular formula is C17H26N2O. The predicted octanol–water partition coefficient (Wildman–Crippen LogP) is 3.62. The Bertz CT molecular complexity index is 436. The van der Waals surface area contributed by atoms with Crippen LogP contribution in [0.3, 0.4) is 0 Å². The SMILES string of the molecule is CCCCN(CCCC)C(=O)C1CNc2ccccc21. The quantitative estimate of drug-likeness (QED) is 0.823. The van der Waals surface area contributed by atoms with E-state index in [9.17, 15) is 4.79 Å². The van der Waals surface area contributed by atoms with Gasteiger partial charge in [-0.15, -0.1) is 0 Å². The number of nitrogens with zero attached hydrogens (tertiary/aromatic N) is 1. The third-order valence-corrected chi connectivity index (χ3v) is 4.01. The van der Waals surface area contributed by atoms with Crippen molar-refractivity contribution in [3.05, 3.63) is 29.8 Å². The Morgan fingerprint density at radius 1 is 1.20 bits per heavy atom. The average molecular weight is 274 g/mol. The molecule has 110 valence electrons. The number of anilines is 1. The molecule has 1 heterocycles. The van der Waals surface area contributed by atoms with Gasteiger partial charge in [-0.2, -0.15) is 0 Å². The molecule has 2 rings (SSSR count). The zero-order chi connectivity index (χ0) is 14.4. The van der Waals surface area contributed by atoms with Gasteiger partial charge in [-0.25, -0.2) is 0 Å². The topological polar surface area (TPSA) is 32.3 Å². The fourth-order valence-corrected chi connectivity index (χ4v) is 2.75. The Morgan fingerprint density at radius 2 is 1.85 bits per heavy atom. The fourth-order valence-electron chi connectivity index (χ4n) is 2.75. The second-order valence-corrected chi connectivity index (χ2v) is 5.55. The van der Waals surface area contributed by atoms with Crippen molar-refractivity contribution < 1.29 is 4.79 Å². The first-order valence-corrected chi connectivity index (χ1v) is 7.89. The highest BCUT2D eigenvalue weighted by atomic mass is 16.2. The van der Waals surface area contributed by atoms with Gasteiger partial charge in [-0.3, -0.25) is 4.79 Å². The number of benzene rings is 1. The molecule has 1 unspecified atom stereocenters. The van der Waals surface area contributed by atoms with Crippen LogP contribution in [0, 0.1) is 0 Å². The van der Waals surface area contributed by atoms with E-state index in [0.717, 1.165) is 56.6 Å². The molecule has 0 spiro atoms. The van der Waals surface area contributed by atoms with Crippen LogP contribution in [0.5, 0.6) is 0 Å². The van der Waals surface area contributed by atoms with Crippen LogP contribution in [0.2, 0.25) is 0 Å². The monoisotopic (exact) mass is 274 g/mol. The molecule has 0 bridgehead atoms. The van der Waals surface area contributed by atoms with Crippen LogP contribution in [-0.2, 0) is 4.79 Å². The molecule has 1 aromatic rings. The highest BCUT2D eigenvalue weighted by Crippen LogP contribution is 2.32. The zero-order valence-corrected chi connectivity index (χ0v) is 12.7. The van der Waals surface area contributed by atoms with Crippen LogP contribution >= 0.6 is 0 Å². The molecule has 3 nitrogen and oxygen atoms in total. The minimum absolute atomic E-state index is 0.0000813. The van der Waals surface area contributed by atoms with Crippen LogP contribution in [0.25, 0.3) is 0 Å². The summed E-state index contributed by atoms with van der Waals surface area (Å²) in [4.78, 5) is 14.9. The van der Waals surface area contributed by atoms with E-state index in [2.05, 4.69) is 36.2 Å². The van der Waals surface area contributed by atoms with E-state index in [1.54, 1.807) is 0 Å². The summed E-state index contributed by atoms with van der Waals surface area (Å²) < 4.78 is 0. The molecule has 1 aliphatic heterocycles. The van der Waals surface area contributed by atoms with Gasteiger partial charge in [0.1, 0.15) is 0 Å². The number of hydrogen-bond donors (Lipinski definition) is 1. The van der Waals surface area contributed by atoms with Gasteiger partial charge in [0.05, 0.1) is 5.92 Å². The lowest BCUT2D eigenvalue weighted by atomic mass is 9.99. The Balaban J connectivity index is 2.07. The van der Waals surface area contributed by atoms with E-state index in [0.29, 0.717) is 5.91 Å². The van der Waals surface area contributed by atoms with Crippen molar-refractivity contribution in [2.45, 2.75) is 45.4 Å². The van der Waals surface area contributed by atoms with Crippen molar-refractivity contribution in [1.82, 2.24) is 4.90 Å². The second kappa shape index (κ2) is 7.32. The number of fused-ring (bicyclic) bond motifs is 1. The zero-order valence-electron chi connectivity index (χ0n) is 12.7. The fraction of sp³-hybridized carbons (Fsp3) is 0.588. The first-order chi connectivity index (χ1) is 9.77. The molecule has 0 fully saturated rings. The molecular weight excluding hydrogens is 248 g/mol. The minimum Gasteiger partial charge on any atom is -0.384 e. The molecule has 20 heavy (non-hydrogen) atoms. The first-order valence-electron chi connectivity index (χ1n) is 7.89. The van der Waals surface area contributed by atoms with Crippen LogP contribution in [0.4, 0.5) is 5.69 Å². The number of amides is 1. The molecule has 1 aliphatic rings. The van der Waals surface area contributed by atoms with Gasteiger partial charge in [0.25, 0.3) is 0 Å². The Kier molecular flexibility index (Phi) is 5.45. The van der Waals surface area contributed by atoms with Gasteiger partial charge in [0.2, 0.25) is 5.91 Å². The molecule has 1 amide bonds. The van der Waals surface area contributed by atoms with E-state index >= 15 is 0 Å². The molecule has 0 aromatic heterocycles. The van der Waals surface area contributed by atoms with E-state index < -0.39 is 0 Å². The van der Waals surface area contributed by atoms with Gasteiger partial charge in [0.15, 0.2) is 0 Å². The second-order valence-electron chi connectivity index (χ2n) is 5.55. The van der Waals surface area contributed by atoms with Crippen LogP contribution in [0.15, 0.2) is 24.3 Å². The van der Waals surface area contributed by atoms with Crippen molar-refractivity contribution in [2.24, 2.45) is 0 Å². The van der Waals surface area contributed by atoms with Crippen LogP contribution < -0.4 is 5.32 Å². The minimum atomic E-state index is -0.0000813. The maximum Gasteiger partial charge on any atom is 0.231 e. The Hall–Kier alpha value is -1.51. The summed E-state index contributed by atoms with van der Waals surface area (Å²) in [6, 6.07) is 8.18. The number of carbonyl (C=O) groups is 1. The lowest BCUT2D eigenvalue weighted by molar-refractivity contribution is -0.132. The molecule has 0 saturated heterocycles. The lowest BCUT2D eigenvalue weighted by Gasteiger charge is -2.25. The van der Waals surface area contributed by atoms with Crippen molar-refractivity contribution in [1.29, 1.82) is 0 Å². The van der Waals surface area contributed by atoms with Crippen molar-refractivity contribution in [2.75, 3.05) is 25.0 Å². The van der Waals surface area contributed by atoms with Crippen molar-refractivity contribution in [3.8, 4) is 0 Å². The standard InChI is InChI=1S/C17H26N2O/c1-3-5-11-19(12-6-4-2)17(20)15-13-18-16-10-8-7-9-14(15)16/h7-10,15,18H,3-6,11-13H2,1-2H3. The van der Waals surface area contributed by atoms with Gasteiger partial charge in [-0.1, -0.05) is 44.9 Å². The summed E-state index contributed by atoms with van der Waals surface area (Å²) in [6.45, 7) is 6.89. The van der Waals surface area contributed by atoms with Crippen LogP contribution in [-0.4, -0.2) is 30.4 Å². The molecule has 0 saturated carbocycles. The highest BCUT2D eigenvalue weighted by molar-refractivity contribution is 5.88. The summed E-state index contributed by atoms with van der Waals surface area (Å²) in [7, 11) is 0. The number of para-hydroxylation sites is 1. The Labute approximate surface area is 122 Å². The molecule has 1 atom stereocenters. The first kappa shape index (κ1) is 14.9. The molecule has 1 N–H and O–H groups in total. The van der Waals surface area contributed by atoms with E-state index in [1.807, 2.05) is 12.1 Å².